The Morgan fingerprint density at radius 2 is 1.83 bits per heavy atom. The second kappa shape index (κ2) is 8.76. The fraction of sp³-hybridized carbons (Fsp3) is 0.240. The molecule has 4 aromatic rings. The lowest BCUT2D eigenvalue weighted by Crippen LogP contribution is -2.16. The van der Waals surface area contributed by atoms with Crippen LogP contribution in [0.15, 0.2) is 60.7 Å². The van der Waals surface area contributed by atoms with Crippen molar-refractivity contribution >= 4 is 38.8 Å². The molecule has 0 aliphatic carbocycles. The minimum absolute atomic E-state index is 0.755. The number of nitrogens with zero attached hydrogens (tertiary/aromatic N) is 1. The fourth-order valence-corrected chi connectivity index (χ4v) is 5.41. The fourth-order valence-electron chi connectivity index (χ4n) is 4.10. The first-order valence-corrected chi connectivity index (χ1v) is 11.6. The average Bonchev–Trinajstić information content (AvgIpc) is 3.00. The number of benzene rings is 3. The Kier molecular flexibility index (Phi) is 5.71. The second-order valence-electron chi connectivity index (χ2n) is 7.74. The van der Waals surface area contributed by atoms with Gasteiger partial charge in [0.15, 0.2) is 0 Å². The summed E-state index contributed by atoms with van der Waals surface area (Å²) in [6, 6.07) is 21.3. The molecular weight excluding hydrogens is 410 g/mol. The van der Waals surface area contributed by atoms with Crippen LogP contribution in [0.1, 0.15) is 27.3 Å². The molecule has 0 radical (unpaired) electrons. The van der Waals surface area contributed by atoms with Crippen LogP contribution in [0.4, 0.5) is 5.69 Å². The van der Waals surface area contributed by atoms with Gasteiger partial charge >= 0.3 is 0 Å². The Morgan fingerprint density at radius 1 is 0.967 bits per heavy atom. The van der Waals surface area contributed by atoms with Gasteiger partial charge in [0.25, 0.3) is 0 Å². The Bertz CT molecular complexity index is 1170. The van der Waals surface area contributed by atoms with Crippen LogP contribution in [-0.4, -0.2) is 18.1 Å². The van der Waals surface area contributed by atoms with Crippen molar-refractivity contribution in [3.8, 4) is 0 Å². The highest BCUT2D eigenvalue weighted by atomic mass is 35.5. The molecule has 1 aromatic heterocycles. The SMILES string of the molecule is Clc1ccc2c(c1NCc1ccc3nc(Cc4ccccc4)sc3c1)CCNCC2. The maximum atomic E-state index is 6.57. The third-order valence-electron chi connectivity index (χ3n) is 5.65. The standard InChI is InChI=1S/C25H24ClN3S/c26-21-8-7-19-10-12-27-13-11-20(19)25(21)28-16-18-6-9-22-23(14-18)30-24(29-22)15-17-4-2-1-3-5-17/h1-9,14,27-28H,10-13,15-16H2. The first kappa shape index (κ1) is 19.6. The Balaban J connectivity index is 1.35. The van der Waals surface area contributed by atoms with E-state index in [0.717, 1.165) is 60.1 Å². The van der Waals surface area contributed by atoms with Crippen molar-refractivity contribution < 1.29 is 0 Å². The van der Waals surface area contributed by atoms with Crippen LogP contribution in [0.5, 0.6) is 0 Å². The number of aromatic nitrogens is 1. The Morgan fingerprint density at radius 3 is 2.73 bits per heavy atom. The number of fused-ring (bicyclic) bond motifs is 2. The summed E-state index contributed by atoms with van der Waals surface area (Å²) in [4.78, 5) is 4.82. The highest BCUT2D eigenvalue weighted by Crippen LogP contribution is 2.32. The molecule has 0 unspecified atom stereocenters. The molecule has 0 saturated heterocycles. The van der Waals surface area contributed by atoms with Crippen LogP contribution in [0.25, 0.3) is 10.2 Å². The number of thiazole rings is 1. The van der Waals surface area contributed by atoms with Crippen molar-refractivity contribution in [2.75, 3.05) is 18.4 Å². The normalized spacial score (nSPS) is 13.8. The van der Waals surface area contributed by atoms with Crippen molar-refractivity contribution in [2.45, 2.75) is 25.8 Å². The number of hydrogen-bond donors (Lipinski definition) is 2. The van der Waals surface area contributed by atoms with Gasteiger partial charge in [0, 0.05) is 13.0 Å². The summed E-state index contributed by atoms with van der Waals surface area (Å²) in [6.07, 6.45) is 2.95. The monoisotopic (exact) mass is 433 g/mol. The molecule has 152 valence electrons. The molecule has 0 fully saturated rings. The topological polar surface area (TPSA) is 37.0 Å². The van der Waals surface area contributed by atoms with E-state index in [-0.39, 0.29) is 0 Å². The highest BCUT2D eigenvalue weighted by Gasteiger charge is 2.15. The van der Waals surface area contributed by atoms with Crippen LogP contribution in [0.2, 0.25) is 5.02 Å². The lowest BCUT2D eigenvalue weighted by molar-refractivity contribution is 0.711. The highest BCUT2D eigenvalue weighted by molar-refractivity contribution is 7.18. The zero-order valence-corrected chi connectivity index (χ0v) is 18.3. The number of nitrogens with one attached hydrogen (secondary N) is 2. The van der Waals surface area contributed by atoms with Crippen molar-refractivity contribution in [3.05, 3.63) is 92.9 Å². The van der Waals surface area contributed by atoms with E-state index in [4.69, 9.17) is 16.6 Å². The quantitative estimate of drug-likeness (QED) is 0.415. The predicted molar refractivity (Wildman–Crippen MR) is 128 cm³/mol. The van der Waals surface area contributed by atoms with E-state index < -0.39 is 0 Å². The van der Waals surface area contributed by atoms with Gasteiger partial charge in [-0.25, -0.2) is 4.98 Å². The number of hydrogen-bond acceptors (Lipinski definition) is 4. The number of halogens is 1. The van der Waals surface area contributed by atoms with E-state index in [9.17, 15) is 0 Å². The molecule has 3 nitrogen and oxygen atoms in total. The molecule has 0 bridgehead atoms. The maximum absolute atomic E-state index is 6.57. The predicted octanol–water partition coefficient (Wildman–Crippen LogP) is 5.84. The van der Waals surface area contributed by atoms with Gasteiger partial charge in [-0.15, -0.1) is 11.3 Å². The first-order valence-electron chi connectivity index (χ1n) is 10.4. The Labute approximate surface area is 186 Å². The largest absolute Gasteiger partial charge is 0.380 e. The summed E-state index contributed by atoms with van der Waals surface area (Å²) in [7, 11) is 0. The number of rotatable bonds is 5. The lowest BCUT2D eigenvalue weighted by atomic mass is 10.0. The molecule has 5 heteroatoms. The molecule has 1 aliphatic rings. The molecule has 0 saturated carbocycles. The minimum atomic E-state index is 0.755. The zero-order valence-electron chi connectivity index (χ0n) is 16.7. The summed E-state index contributed by atoms with van der Waals surface area (Å²) >= 11 is 8.35. The van der Waals surface area contributed by atoms with E-state index in [2.05, 4.69) is 65.2 Å². The summed E-state index contributed by atoms with van der Waals surface area (Å²) in [5.74, 6) is 0. The molecule has 3 aromatic carbocycles. The molecule has 0 atom stereocenters. The van der Waals surface area contributed by atoms with Crippen LogP contribution in [-0.2, 0) is 25.8 Å². The van der Waals surface area contributed by atoms with Crippen molar-refractivity contribution in [3.63, 3.8) is 0 Å². The van der Waals surface area contributed by atoms with Crippen molar-refractivity contribution in [1.29, 1.82) is 0 Å². The molecule has 2 N–H and O–H groups in total. The van der Waals surface area contributed by atoms with Crippen molar-refractivity contribution in [2.24, 2.45) is 0 Å². The molecule has 5 rings (SSSR count). The molecule has 1 aliphatic heterocycles. The van der Waals surface area contributed by atoms with Gasteiger partial charge in [0.2, 0.25) is 0 Å². The summed E-state index contributed by atoms with van der Waals surface area (Å²) < 4.78 is 1.24. The summed E-state index contributed by atoms with van der Waals surface area (Å²) in [5.41, 5.74) is 7.47. The van der Waals surface area contributed by atoms with Gasteiger partial charge in [0.1, 0.15) is 0 Å². The minimum Gasteiger partial charge on any atom is -0.380 e. The van der Waals surface area contributed by atoms with E-state index in [1.54, 1.807) is 11.3 Å². The third-order valence-corrected chi connectivity index (χ3v) is 6.98. The smallest absolute Gasteiger partial charge is 0.0982 e. The summed E-state index contributed by atoms with van der Waals surface area (Å²) in [6.45, 7) is 2.78. The van der Waals surface area contributed by atoms with Crippen LogP contribution in [0.3, 0.4) is 0 Å². The van der Waals surface area contributed by atoms with Crippen LogP contribution >= 0.6 is 22.9 Å². The van der Waals surface area contributed by atoms with Gasteiger partial charge < -0.3 is 10.6 Å². The molecule has 30 heavy (non-hydrogen) atoms. The average molecular weight is 434 g/mol. The molecular formula is C25H24ClN3S. The van der Waals surface area contributed by atoms with E-state index in [1.807, 2.05) is 6.07 Å². The zero-order chi connectivity index (χ0) is 20.3. The third kappa shape index (κ3) is 4.22. The van der Waals surface area contributed by atoms with E-state index >= 15 is 0 Å². The van der Waals surface area contributed by atoms with Gasteiger partial charge in [0.05, 0.1) is 25.9 Å². The van der Waals surface area contributed by atoms with E-state index in [1.165, 1.54) is 27.0 Å². The maximum Gasteiger partial charge on any atom is 0.0982 e. The number of anilines is 1. The van der Waals surface area contributed by atoms with Gasteiger partial charge in [-0.1, -0.05) is 54.1 Å². The van der Waals surface area contributed by atoms with Gasteiger partial charge in [-0.2, -0.15) is 0 Å². The van der Waals surface area contributed by atoms with E-state index in [0.29, 0.717) is 0 Å². The first-order chi connectivity index (χ1) is 14.8. The van der Waals surface area contributed by atoms with Crippen LogP contribution in [0, 0.1) is 0 Å². The molecule has 2 heterocycles. The summed E-state index contributed by atoms with van der Waals surface area (Å²) in [5, 5.41) is 9.06. The lowest BCUT2D eigenvalue weighted by Gasteiger charge is -2.16. The van der Waals surface area contributed by atoms with Gasteiger partial charge in [-0.3, -0.25) is 0 Å². The Hall–Kier alpha value is -2.40. The van der Waals surface area contributed by atoms with Gasteiger partial charge in [-0.05, 0) is 66.4 Å². The molecule has 0 spiro atoms. The van der Waals surface area contributed by atoms with Crippen molar-refractivity contribution in [1.82, 2.24) is 10.3 Å². The second-order valence-corrected chi connectivity index (χ2v) is 9.26. The molecule has 0 amide bonds. The van der Waals surface area contributed by atoms with Crippen LogP contribution < -0.4 is 10.6 Å².